The summed E-state index contributed by atoms with van der Waals surface area (Å²) in [7, 11) is 0. The van der Waals surface area contributed by atoms with Crippen LogP contribution >= 0.6 is 0 Å². The molecule has 4 nitrogen and oxygen atoms in total. The molecule has 3 saturated carbocycles. The van der Waals surface area contributed by atoms with Crippen LogP contribution in [0.25, 0.3) is 0 Å². The van der Waals surface area contributed by atoms with Gasteiger partial charge in [-0.1, -0.05) is 48.0 Å². The zero-order chi connectivity index (χ0) is 21.6. The van der Waals surface area contributed by atoms with E-state index >= 15 is 0 Å². The first-order valence-electron chi connectivity index (χ1n) is 11.4. The molecule has 0 spiro atoms. The van der Waals surface area contributed by atoms with Crippen LogP contribution in [0, 0.1) is 24.7 Å². The molecule has 2 aromatic carbocycles. The molecule has 162 valence electrons. The summed E-state index contributed by atoms with van der Waals surface area (Å²) >= 11 is 0. The van der Waals surface area contributed by atoms with Crippen LogP contribution in [0.5, 0.6) is 5.75 Å². The number of amides is 1. The van der Waals surface area contributed by atoms with Gasteiger partial charge in [0.2, 0.25) is 0 Å². The van der Waals surface area contributed by atoms with Crippen molar-refractivity contribution < 1.29 is 14.3 Å². The van der Waals surface area contributed by atoms with Gasteiger partial charge in [-0.25, -0.2) is 0 Å². The average molecular weight is 418 g/mol. The molecule has 2 aromatic rings. The zero-order valence-corrected chi connectivity index (χ0v) is 18.6. The van der Waals surface area contributed by atoms with Crippen molar-refractivity contribution in [2.24, 2.45) is 17.8 Å². The van der Waals surface area contributed by atoms with Crippen LogP contribution in [0.4, 0.5) is 0 Å². The summed E-state index contributed by atoms with van der Waals surface area (Å²) in [6, 6.07) is 18.4. The Bertz CT molecular complexity index is 977. The van der Waals surface area contributed by atoms with Crippen molar-refractivity contribution >= 4 is 5.91 Å². The molecular weight excluding hydrogens is 386 g/mol. The van der Waals surface area contributed by atoms with E-state index in [1.807, 2.05) is 63.2 Å². The number of hydrogen-bond donors (Lipinski definition) is 1. The quantitative estimate of drug-likeness (QED) is 0.676. The number of benzene rings is 2. The molecule has 1 amide bonds. The van der Waals surface area contributed by atoms with E-state index in [1.165, 1.54) is 22.5 Å². The predicted molar refractivity (Wildman–Crippen MR) is 120 cm³/mol. The summed E-state index contributed by atoms with van der Waals surface area (Å²) in [5.41, 5.74) is 2.91. The molecule has 31 heavy (non-hydrogen) atoms. The van der Waals surface area contributed by atoms with Gasteiger partial charge in [-0.2, -0.15) is 0 Å². The van der Waals surface area contributed by atoms with Gasteiger partial charge in [-0.15, -0.1) is 0 Å². The molecule has 3 fully saturated rings. The summed E-state index contributed by atoms with van der Waals surface area (Å²) in [6.07, 6.45) is 3.38. The molecule has 0 saturated heterocycles. The lowest BCUT2D eigenvalue weighted by molar-refractivity contribution is -0.137. The van der Waals surface area contributed by atoms with Gasteiger partial charge in [0, 0.05) is 24.3 Å². The van der Waals surface area contributed by atoms with Crippen molar-refractivity contribution in [2.45, 2.75) is 58.3 Å². The fourth-order valence-corrected chi connectivity index (χ4v) is 5.51. The maximum absolute atomic E-state index is 13.1. The molecule has 0 heterocycles. The third kappa shape index (κ3) is 3.84. The molecule has 0 radical (unpaired) electrons. The Morgan fingerprint density at radius 1 is 1.03 bits per heavy atom. The van der Waals surface area contributed by atoms with Crippen molar-refractivity contribution in [1.29, 1.82) is 0 Å². The van der Waals surface area contributed by atoms with Crippen molar-refractivity contribution in [3.05, 3.63) is 77.1 Å². The SMILES string of the molecule is Cc1ccc(OC(C)(C)C(=O)N[C@@H]2[C@@H]3CC4CC(OCc5ccccc5)=C3[C@@H]2C4)cc1. The van der Waals surface area contributed by atoms with E-state index in [1.54, 1.807) is 0 Å². The van der Waals surface area contributed by atoms with Gasteiger partial charge in [0.25, 0.3) is 5.91 Å². The molecule has 1 unspecified atom stereocenters. The third-order valence-corrected chi connectivity index (χ3v) is 7.13. The number of carbonyl (C=O) groups is 1. The molecule has 4 bridgehead atoms. The maximum Gasteiger partial charge on any atom is 0.263 e. The van der Waals surface area contributed by atoms with E-state index in [0.29, 0.717) is 24.4 Å². The number of carbonyl (C=O) groups excluding carboxylic acids is 1. The van der Waals surface area contributed by atoms with E-state index in [2.05, 4.69) is 17.4 Å². The molecule has 1 N–H and O–H groups in total. The second-order valence-corrected chi connectivity index (χ2v) is 9.83. The molecule has 4 atom stereocenters. The van der Waals surface area contributed by atoms with Gasteiger partial charge >= 0.3 is 0 Å². The van der Waals surface area contributed by atoms with Crippen LogP contribution < -0.4 is 10.1 Å². The summed E-state index contributed by atoms with van der Waals surface area (Å²) < 4.78 is 12.3. The normalized spacial score (nSPS) is 26.3. The minimum Gasteiger partial charge on any atom is -0.493 e. The lowest BCUT2D eigenvalue weighted by Crippen LogP contribution is -2.64. The minimum atomic E-state index is -0.917. The highest BCUT2D eigenvalue weighted by Crippen LogP contribution is 2.59. The number of allylic oxidation sites excluding steroid dienone is 1. The largest absolute Gasteiger partial charge is 0.493 e. The number of nitrogens with one attached hydrogen (secondary N) is 1. The Labute approximate surface area is 184 Å². The Hall–Kier alpha value is -2.75. The predicted octanol–water partition coefficient (Wildman–Crippen LogP) is 5.17. The van der Waals surface area contributed by atoms with Gasteiger partial charge in [0.1, 0.15) is 12.4 Å². The summed E-state index contributed by atoms with van der Waals surface area (Å²) in [4.78, 5) is 13.1. The number of aryl methyl sites for hydroxylation is 1. The van der Waals surface area contributed by atoms with Crippen molar-refractivity contribution in [3.8, 4) is 5.75 Å². The highest BCUT2D eigenvalue weighted by molar-refractivity contribution is 5.85. The van der Waals surface area contributed by atoms with Crippen LogP contribution in [-0.4, -0.2) is 17.6 Å². The lowest BCUT2D eigenvalue weighted by atomic mass is 9.50. The van der Waals surface area contributed by atoms with Crippen LogP contribution in [0.15, 0.2) is 65.9 Å². The van der Waals surface area contributed by atoms with Gasteiger partial charge < -0.3 is 14.8 Å². The van der Waals surface area contributed by atoms with E-state index in [-0.39, 0.29) is 11.9 Å². The van der Waals surface area contributed by atoms with Gasteiger partial charge in [-0.3, -0.25) is 4.79 Å². The average Bonchev–Trinajstić information content (AvgIpc) is 2.78. The van der Waals surface area contributed by atoms with Crippen LogP contribution in [-0.2, 0) is 16.1 Å². The fourth-order valence-electron chi connectivity index (χ4n) is 5.51. The molecule has 0 aliphatic heterocycles. The number of hydrogen-bond acceptors (Lipinski definition) is 3. The third-order valence-electron chi connectivity index (χ3n) is 7.13. The summed E-state index contributed by atoms with van der Waals surface area (Å²) in [5, 5.41) is 3.32. The Morgan fingerprint density at radius 2 is 1.71 bits per heavy atom. The first kappa shape index (κ1) is 20.2. The van der Waals surface area contributed by atoms with Gasteiger partial charge in [0.05, 0.1) is 5.76 Å². The van der Waals surface area contributed by atoms with Crippen molar-refractivity contribution in [1.82, 2.24) is 5.32 Å². The second-order valence-electron chi connectivity index (χ2n) is 9.83. The maximum atomic E-state index is 13.1. The minimum absolute atomic E-state index is 0.0436. The fraction of sp³-hybridized carbons (Fsp3) is 0.444. The van der Waals surface area contributed by atoms with Crippen molar-refractivity contribution in [2.75, 3.05) is 0 Å². The number of ether oxygens (including phenoxy) is 2. The van der Waals surface area contributed by atoms with E-state index in [0.717, 1.165) is 25.0 Å². The lowest BCUT2D eigenvalue weighted by Gasteiger charge is -2.58. The summed E-state index contributed by atoms with van der Waals surface area (Å²) in [5.74, 6) is 3.38. The Morgan fingerprint density at radius 3 is 2.39 bits per heavy atom. The van der Waals surface area contributed by atoms with E-state index < -0.39 is 5.60 Å². The van der Waals surface area contributed by atoms with Crippen LogP contribution in [0.3, 0.4) is 0 Å². The van der Waals surface area contributed by atoms with E-state index in [9.17, 15) is 4.79 Å². The topological polar surface area (TPSA) is 47.6 Å². The second kappa shape index (κ2) is 7.74. The summed E-state index contributed by atoms with van der Waals surface area (Å²) in [6.45, 7) is 6.35. The smallest absolute Gasteiger partial charge is 0.263 e. The first-order chi connectivity index (χ1) is 14.9. The Balaban J connectivity index is 1.23. The monoisotopic (exact) mass is 417 g/mol. The standard InChI is InChI=1S/C27H31NO3/c1-17-9-11-20(12-10-17)31-27(2,3)26(29)28-25-21-13-19-14-22(25)24(21)23(15-19)30-16-18-7-5-4-6-8-18/h4-12,19,21-22,25H,13-16H2,1-3H3,(H,28,29)/t19?,21-,22+,25-. The van der Waals surface area contributed by atoms with Gasteiger partial charge in [-0.05, 0) is 62.8 Å². The van der Waals surface area contributed by atoms with Gasteiger partial charge in [0.15, 0.2) is 5.60 Å². The number of fused-ring (bicyclic) bond motifs is 1. The molecule has 5 aliphatic carbocycles. The Kier molecular flexibility index (Phi) is 5.04. The highest BCUT2D eigenvalue weighted by Gasteiger charge is 2.57. The molecule has 0 aromatic heterocycles. The first-order valence-corrected chi connectivity index (χ1v) is 11.4. The molecule has 5 aliphatic rings. The molecular formula is C27H31NO3. The van der Waals surface area contributed by atoms with E-state index in [4.69, 9.17) is 9.47 Å². The van der Waals surface area contributed by atoms with Crippen molar-refractivity contribution in [3.63, 3.8) is 0 Å². The number of rotatable bonds is 7. The molecule has 4 heteroatoms. The molecule has 7 rings (SSSR count). The zero-order valence-electron chi connectivity index (χ0n) is 18.6. The highest BCUT2D eigenvalue weighted by atomic mass is 16.5. The van der Waals surface area contributed by atoms with Crippen LogP contribution in [0.2, 0.25) is 0 Å². The van der Waals surface area contributed by atoms with Crippen LogP contribution in [0.1, 0.15) is 44.2 Å².